The first kappa shape index (κ1) is 17.5. The van der Waals surface area contributed by atoms with Crippen LogP contribution in [0.5, 0.6) is 5.75 Å². The predicted octanol–water partition coefficient (Wildman–Crippen LogP) is 2.74. The van der Waals surface area contributed by atoms with E-state index in [9.17, 15) is 9.26 Å². The van der Waals surface area contributed by atoms with Crippen molar-refractivity contribution in [1.29, 1.82) is 0 Å². The van der Waals surface area contributed by atoms with E-state index in [2.05, 4.69) is 15.0 Å². The standard InChI is InChI=1S/C19H20N4O3Si/c1-23-10-15(13-5-3-4-6-14(13)18(23)24)17-16(26-11-12-7-8-12)9-20-19(21-17)22-27(2)25/h3-6,9-10,12H,7-8,11H2,1-2H3,(H,20,21,22). The van der Waals surface area contributed by atoms with Gasteiger partial charge in [0.05, 0.1) is 12.8 Å². The molecule has 0 bridgehead atoms. The van der Waals surface area contributed by atoms with E-state index in [1.807, 2.05) is 18.2 Å². The van der Waals surface area contributed by atoms with Crippen molar-refractivity contribution in [2.75, 3.05) is 11.6 Å². The summed E-state index contributed by atoms with van der Waals surface area (Å²) in [4.78, 5) is 24.1. The van der Waals surface area contributed by atoms with Gasteiger partial charge in [0.2, 0.25) is 5.95 Å². The van der Waals surface area contributed by atoms with Crippen molar-refractivity contribution >= 4 is 25.6 Å². The number of ether oxygens (including phenoxy) is 1. The Balaban J connectivity index is 1.90. The summed E-state index contributed by atoms with van der Waals surface area (Å²) < 4.78 is 19.1. The van der Waals surface area contributed by atoms with E-state index in [4.69, 9.17) is 4.74 Å². The van der Waals surface area contributed by atoms with Gasteiger partial charge in [-0.3, -0.25) is 4.79 Å². The molecule has 0 spiro atoms. The second-order valence-electron chi connectivity index (χ2n) is 6.85. The summed E-state index contributed by atoms with van der Waals surface area (Å²) in [6.07, 6.45) is 5.72. The van der Waals surface area contributed by atoms with E-state index in [1.54, 1.807) is 36.6 Å². The molecule has 1 fully saturated rings. The number of aryl methyl sites for hydroxylation is 1. The number of fused-ring (bicyclic) bond motifs is 1. The molecular weight excluding hydrogens is 360 g/mol. The van der Waals surface area contributed by atoms with Gasteiger partial charge in [0.1, 0.15) is 5.69 Å². The SMILES string of the molecule is Cn1cc(-c2nc(N[Si](C)=O)ncc2OCC2CC2)c2ccccc2c1=O. The van der Waals surface area contributed by atoms with Gasteiger partial charge in [-0.25, -0.2) is 9.97 Å². The van der Waals surface area contributed by atoms with Gasteiger partial charge in [-0.2, -0.15) is 0 Å². The largest absolute Gasteiger partial charge is 0.489 e. The van der Waals surface area contributed by atoms with Crippen LogP contribution in [0.15, 0.2) is 41.5 Å². The Labute approximate surface area is 157 Å². The third kappa shape index (κ3) is 3.66. The van der Waals surface area contributed by atoms with E-state index < -0.39 is 8.84 Å². The second kappa shape index (κ2) is 7.03. The summed E-state index contributed by atoms with van der Waals surface area (Å²) in [7, 11) is -0.274. The van der Waals surface area contributed by atoms with E-state index in [-0.39, 0.29) is 11.5 Å². The zero-order valence-corrected chi connectivity index (χ0v) is 16.2. The van der Waals surface area contributed by atoms with Gasteiger partial charge in [0.25, 0.3) is 5.56 Å². The molecule has 0 saturated heterocycles. The highest BCUT2D eigenvalue weighted by molar-refractivity contribution is 6.45. The quantitative estimate of drug-likeness (QED) is 0.662. The number of anilines is 1. The van der Waals surface area contributed by atoms with Crippen LogP contribution in [0.4, 0.5) is 5.95 Å². The first-order valence-electron chi connectivity index (χ1n) is 8.89. The van der Waals surface area contributed by atoms with Crippen LogP contribution in [0.25, 0.3) is 22.0 Å². The van der Waals surface area contributed by atoms with Crippen LogP contribution in [0.2, 0.25) is 6.55 Å². The second-order valence-corrected chi connectivity index (χ2v) is 8.21. The van der Waals surface area contributed by atoms with Crippen molar-refractivity contribution in [3.8, 4) is 17.0 Å². The molecule has 1 aliphatic rings. The minimum atomic E-state index is -1.99. The minimum Gasteiger partial charge on any atom is -0.489 e. The third-order valence-corrected chi connectivity index (χ3v) is 5.14. The molecule has 7 nitrogen and oxygen atoms in total. The average molecular weight is 380 g/mol. The lowest BCUT2D eigenvalue weighted by Gasteiger charge is -2.14. The summed E-state index contributed by atoms with van der Waals surface area (Å²) in [5, 5.41) is 1.41. The van der Waals surface area contributed by atoms with Gasteiger partial charge < -0.3 is 18.7 Å². The zero-order chi connectivity index (χ0) is 19.0. The Bertz CT molecular complexity index is 1090. The molecule has 1 N–H and O–H groups in total. The molecule has 3 aromatic rings. The molecule has 8 heteroatoms. The van der Waals surface area contributed by atoms with Crippen molar-refractivity contribution < 1.29 is 9.20 Å². The number of nitrogens with one attached hydrogen (secondary N) is 1. The summed E-state index contributed by atoms with van der Waals surface area (Å²) in [5.41, 5.74) is 1.30. The number of benzene rings is 1. The number of rotatable bonds is 6. The number of hydrogen-bond donors (Lipinski definition) is 1. The lowest BCUT2D eigenvalue weighted by molar-refractivity contribution is 0.299. The molecule has 1 aromatic carbocycles. The predicted molar refractivity (Wildman–Crippen MR) is 104 cm³/mol. The Morgan fingerprint density at radius 2 is 2.04 bits per heavy atom. The van der Waals surface area contributed by atoms with Crippen LogP contribution in [0, 0.1) is 5.92 Å². The van der Waals surface area contributed by atoms with Crippen molar-refractivity contribution in [3.63, 3.8) is 0 Å². The molecule has 27 heavy (non-hydrogen) atoms. The Morgan fingerprint density at radius 1 is 1.30 bits per heavy atom. The fourth-order valence-corrected chi connectivity index (χ4v) is 3.42. The monoisotopic (exact) mass is 380 g/mol. The van der Waals surface area contributed by atoms with Gasteiger partial charge in [0, 0.05) is 24.2 Å². The maximum Gasteiger partial charge on any atom is 0.395 e. The van der Waals surface area contributed by atoms with Crippen LogP contribution < -0.4 is 15.3 Å². The number of aromatic nitrogens is 3. The van der Waals surface area contributed by atoms with Gasteiger partial charge in [0.15, 0.2) is 5.75 Å². The molecule has 1 aliphatic carbocycles. The summed E-state index contributed by atoms with van der Waals surface area (Å²) in [5.74, 6) is 1.43. The number of nitrogens with zero attached hydrogens (tertiary/aromatic N) is 3. The Kier molecular flexibility index (Phi) is 4.57. The van der Waals surface area contributed by atoms with Gasteiger partial charge in [-0.15, -0.1) is 0 Å². The molecule has 4 rings (SSSR count). The van der Waals surface area contributed by atoms with Crippen molar-refractivity contribution in [1.82, 2.24) is 14.5 Å². The maximum atomic E-state index is 12.5. The lowest BCUT2D eigenvalue weighted by Crippen LogP contribution is -2.17. The van der Waals surface area contributed by atoms with Crippen LogP contribution in [-0.2, 0) is 11.5 Å². The molecule has 0 unspecified atom stereocenters. The van der Waals surface area contributed by atoms with Crippen LogP contribution in [0.1, 0.15) is 12.8 Å². The maximum absolute atomic E-state index is 12.5. The normalized spacial score (nSPS) is 13.6. The number of pyridine rings is 1. The smallest absolute Gasteiger partial charge is 0.395 e. The molecule has 138 valence electrons. The zero-order valence-electron chi connectivity index (χ0n) is 15.2. The molecule has 2 heterocycles. The fourth-order valence-electron chi connectivity index (χ4n) is 2.98. The topological polar surface area (TPSA) is 86.1 Å². The van der Waals surface area contributed by atoms with Crippen molar-refractivity contribution in [3.05, 3.63) is 47.0 Å². The summed E-state index contributed by atoms with van der Waals surface area (Å²) >= 11 is 0. The van der Waals surface area contributed by atoms with Gasteiger partial charge in [-0.1, -0.05) is 18.2 Å². The van der Waals surface area contributed by atoms with E-state index >= 15 is 0 Å². The summed E-state index contributed by atoms with van der Waals surface area (Å²) in [6.45, 7) is 2.21. The molecule has 0 radical (unpaired) electrons. The molecule has 0 amide bonds. The molecule has 0 atom stereocenters. The average Bonchev–Trinajstić information content (AvgIpc) is 3.47. The van der Waals surface area contributed by atoms with Crippen LogP contribution in [-0.4, -0.2) is 30.0 Å². The lowest BCUT2D eigenvalue weighted by atomic mass is 10.0. The number of hydrogen-bond acceptors (Lipinski definition) is 5. The van der Waals surface area contributed by atoms with Crippen LogP contribution in [0.3, 0.4) is 0 Å². The van der Waals surface area contributed by atoms with E-state index in [1.165, 1.54) is 12.8 Å². The first-order valence-corrected chi connectivity index (χ1v) is 10.8. The van der Waals surface area contributed by atoms with Gasteiger partial charge in [-0.05, 0) is 36.8 Å². The van der Waals surface area contributed by atoms with Gasteiger partial charge >= 0.3 is 8.84 Å². The summed E-state index contributed by atoms with van der Waals surface area (Å²) in [6, 6.07) is 7.43. The van der Waals surface area contributed by atoms with Crippen LogP contribution >= 0.6 is 0 Å². The van der Waals surface area contributed by atoms with E-state index in [0.29, 0.717) is 29.4 Å². The van der Waals surface area contributed by atoms with E-state index in [0.717, 1.165) is 10.9 Å². The van der Waals surface area contributed by atoms with Crippen molar-refractivity contribution in [2.45, 2.75) is 19.4 Å². The molecular formula is C19H20N4O3Si. The minimum absolute atomic E-state index is 0.0687. The molecule has 2 aromatic heterocycles. The highest BCUT2D eigenvalue weighted by Crippen LogP contribution is 2.35. The molecule has 0 aliphatic heterocycles. The first-order chi connectivity index (χ1) is 13.0. The third-order valence-electron chi connectivity index (χ3n) is 4.56. The molecule has 1 saturated carbocycles. The Hall–Kier alpha value is -2.87. The fraction of sp³-hybridized carbons (Fsp3) is 0.316. The van der Waals surface area contributed by atoms with Crippen molar-refractivity contribution in [2.24, 2.45) is 13.0 Å². The highest BCUT2D eigenvalue weighted by Gasteiger charge is 2.24. The Morgan fingerprint density at radius 3 is 2.74 bits per heavy atom. The highest BCUT2D eigenvalue weighted by atomic mass is 28.3.